The third-order valence-corrected chi connectivity index (χ3v) is 4.54. The van der Waals surface area contributed by atoms with Gasteiger partial charge in [-0.1, -0.05) is 0 Å². The Bertz CT molecular complexity index is 841. The fourth-order valence-electron chi connectivity index (χ4n) is 2.45. The van der Waals surface area contributed by atoms with E-state index in [1.165, 1.54) is 5.56 Å². The summed E-state index contributed by atoms with van der Waals surface area (Å²) in [6, 6.07) is 3.83. The molecule has 5 nitrogen and oxygen atoms in total. The van der Waals surface area contributed by atoms with E-state index in [2.05, 4.69) is 20.4 Å². The van der Waals surface area contributed by atoms with Crippen molar-refractivity contribution in [3.63, 3.8) is 0 Å². The minimum atomic E-state index is -4.60. The van der Waals surface area contributed by atoms with Crippen molar-refractivity contribution in [2.45, 2.75) is 32.5 Å². The lowest BCUT2D eigenvalue weighted by atomic mass is 10.1. The number of halogens is 3. The van der Waals surface area contributed by atoms with Gasteiger partial charge in [-0.2, -0.15) is 34.0 Å². The number of rotatable bonds is 4. The fourth-order valence-corrected chi connectivity index (χ4v) is 3.13. The number of hydrogen-bond donors (Lipinski definition) is 0. The maximum absolute atomic E-state index is 12.9. The van der Waals surface area contributed by atoms with E-state index in [0.29, 0.717) is 11.5 Å². The zero-order valence-electron chi connectivity index (χ0n) is 13.4. The average Bonchev–Trinajstić information content (AvgIpc) is 3.13. The molecule has 3 aromatic heterocycles. The molecule has 3 rings (SSSR count). The van der Waals surface area contributed by atoms with Crippen LogP contribution in [0.2, 0.25) is 0 Å². The van der Waals surface area contributed by atoms with Gasteiger partial charge >= 0.3 is 6.18 Å². The summed E-state index contributed by atoms with van der Waals surface area (Å²) >= 11 is 1.62. The first-order valence-corrected chi connectivity index (χ1v) is 8.25. The SMILES string of the molecule is Cc1cc(N(C)C(C)Cc2ccsc2)n2nc(C(F)(F)F)nc2n1. The van der Waals surface area contributed by atoms with Crippen LogP contribution in [0.25, 0.3) is 5.78 Å². The zero-order valence-corrected chi connectivity index (χ0v) is 14.2. The molecule has 0 N–H and O–H groups in total. The lowest BCUT2D eigenvalue weighted by molar-refractivity contribution is -0.144. The first kappa shape index (κ1) is 16.7. The van der Waals surface area contributed by atoms with E-state index >= 15 is 0 Å². The molecule has 0 aromatic carbocycles. The van der Waals surface area contributed by atoms with Crippen molar-refractivity contribution in [2.24, 2.45) is 0 Å². The van der Waals surface area contributed by atoms with Crippen molar-refractivity contribution in [3.05, 3.63) is 40.0 Å². The zero-order chi connectivity index (χ0) is 17.5. The molecule has 3 heterocycles. The van der Waals surface area contributed by atoms with Crippen molar-refractivity contribution in [1.82, 2.24) is 19.6 Å². The van der Waals surface area contributed by atoms with Crippen molar-refractivity contribution >= 4 is 22.9 Å². The maximum atomic E-state index is 12.9. The van der Waals surface area contributed by atoms with Crippen LogP contribution in [0.15, 0.2) is 22.9 Å². The normalized spacial score (nSPS) is 13.4. The van der Waals surface area contributed by atoms with Gasteiger partial charge in [-0.3, -0.25) is 0 Å². The molecule has 0 saturated heterocycles. The van der Waals surface area contributed by atoms with E-state index in [-0.39, 0.29) is 11.8 Å². The van der Waals surface area contributed by atoms with Crippen molar-refractivity contribution < 1.29 is 13.2 Å². The monoisotopic (exact) mass is 355 g/mol. The van der Waals surface area contributed by atoms with Gasteiger partial charge in [0.2, 0.25) is 0 Å². The molecule has 128 valence electrons. The fraction of sp³-hybridized carbons (Fsp3) is 0.400. The van der Waals surface area contributed by atoms with Crippen LogP contribution >= 0.6 is 11.3 Å². The smallest absolute Gasteiger partial charge is 0.356 e. The van der Waals surface area contributed by atoms with Crippen LogP contribution in [-0.4, -0.2) is 32.7 Å². The molecule has 3 aromatic rings. The minimum absolute atomic E-state index is 0.0492. The molecule has 0 fully saturated rings. The molecule has 24 heavy (non-hydrogen) atoms. The molecule has 1 unspecified atom stereocenters. The van der Waals surface area contributed by atoms with E-state index in [0.717, 1.165) is 10.9 Å². The number of anilines is 1. The van der Waals surface area contributed by atoms with Gasteiger partial charge in [0.1, 0.15) is 5.82 Å². The summed E-state index contributed by atoms with van der Waals surface area (Å²) in [6.45, 7) is 3.74. The van der Waals surface area contributed by atoms with Crippen molar-refractivity contribution in [1.29, 1.82) is 0 Å². The quantitative estimate of drug-likeness (QED) is 0.718. The molecule has 0 spiro atoms. The molecule has 0 bridgehead atoms. The highest BCUT2D eigenvalue weighted by Gasteiger charge is 2.37. The third kappa shape index (κ3) is 3.21. The molecular formula is C15H16F3N5S. The number of fused-ring (bicyclic) bond motifs is 1. The highest BCUT2D eigenvalue weighted by atomic mass is 32.1. The Kier molecular flexibility index (Phi) is 4.20. The van der Waals surface area contributed by atoms with E-state index < -0.39 is 12.0 Å². The van der Waals surface area contributed by atoms with Gasteiger partial charge in [0.25, 0.3) is 11.6 Å². The summed E-state index contributed by atoms with van der Waals surface area (Å²) in [5, 5.41) is 7.67. The number of aromatic nitrogens is 4. The van der Waals surface area contributed by atoms with Crippen LogP contribution in [0, 0.1) is 6.92 Å². The first-order valence-electron chi connectivity index (χ1n) is 7.31. The predicted octanol–water partition coefficient (Wildman–Crippen LogP) is 3.58. The van der Waals surface area contributed by atoms with Gasteiger partial charge < -0.3 is 4.90 Å². The van der Waals surface area contributed by atoms with E-state index in [9.17, 15) is 13.2 Å². The molecule has 0 amide bonds. The van der Waals surface area contributed by atoms with Crippen LogP contribution < -0.4 is 4.90 Å². The standard InChI is InChI=1S/C15H16F3N5S/c1-9-6-12(22(3)10(2)7-11-4-5-24-8-11)23-14(19-9)20-13(21-23)15(16,17)18/h4-6,8,10H,7H2,1-3H3. The minimum Gasteiger partial charge on any atom is -0.356 e. The Hall–Kier alpha value is -2.16. The molecule has 0 aliphatic rings. The lowest BCUT2D eigenvalue weighted by Crippen LogP contribution is -2.32. The van der Waals surface area contributed by atoms with Crippen LogP contribution in [-0.2, 0) is 12.6 Å². The summed E-state index contributed by atoms with van der Waals surface area (Å²) in [5.41, 5.74) is 1.78. The second kappa shape index (κ2) is 6.04. The van der Waals surface area contributed by atoms with Crippen LogP contribution in [0.4, 0.5) is 19.0 Å². The number of alkyl halides is 3. The second-order valence-corrected chi connectivity index (χ2v) is 6.48. The highest BCUT2D eigenvalue weighted by Crippen LogP contribution is 2.28. The van der Waals surface area contributed by atoms with Crippen molar-refractivity contribution in [3.8, 4) is 0 Å². The Labute approximate surface area is 140 Å². The molecular weight excluding hydrogens is 339 g/mol. The summed E-state index contributed by atoms with van der Waals surface area (Å²) in [7, 11) is 1.83. The molecule has 0 aliphatic carbocycles. The summed E-state index contributed by atoms with van der Waals surface area (Å²) in [4.78, 5) is 9.46. The van der Waals surface area contributed by atoms with E-state index in [4.69, 9.17) is 0 Å². The second-order valence-electron chi connectivity index (χ2n) is 5.70. The first-order chi connectivity index (χ1) is 11.3. The number of hydrogen-bond acceptors (Lipinski definition) is 5. The van der Waals surface area contributed by atoms with Crippen LogP contribution in [0.1, 0.15) is 24.0 Å². The number of aryl methyl sites for hydroxylation is 1. The largest absolute Gasteiger partial charge is 0.453 e. The average molecular weight is 355 g/mol. The summed E-state index contributed by atoms with van der Waals surface area (Å²) < 4.78 is 39.8. The number of nitrogens with zero attached hydrogens (tertiary/aromatic N) is 5. The molecule has 0 saturated carbocycles. The Balaban J connectivity index is 1.99. The van der Waals surface area contributed by atoms with Gasteiger partial charge in [-0.15, -0.1) is 5.10 Å². The van der Waals surface area contributed by atoms with Gasteiger partial charge in [-0.25, -0.2) is 4.98 Å². The number of thiophene rings is 1. The molecule has 0 aliphatic heterocycles. The third-order valence-electron chi connectivity index (χ3n) is 3.81. The topological polar surface area (TPSA) is 46.3 Å². The lowest BCUT2D eigenvalue weighted by Gasteiger charge is -2.27. The Morgan fingerprint density at radius 2 is 2.08 bits per heavy atom. The van der Waals surface area contributed by atoms with Gasteiger partial charge in [0, 0.05) is 24.8 Å². The molecule has 1 atom stereocenters. The van der Waals surface area contributed by atoms with Crippen LogP contribution in [0.5, 0.6) is 0 Å². The van der Waals surface area contributed by atoms with E-state index in [1.807, 2.05) is 30.3 Å². The Morgan fingerprint density at radius 1 is 1.33 bits per heavy atom. The van der Waals surface area contributed by atoms with Gasteiger partial charge in [0.05, 0.1) is 0 Å². The molecule has 9 heteroatoms. The van der Waals surface area contributed by atoms with Crippen molar-refractivity contribution in [2.75, 3.05) is 11.9 Å². The molecule has 0 radical (unpaired) electrons. The van der Waals surface area contributed by atoms with E-state index in [1.54, 1.807) is 24.3 Å². The summed E-state index contributed by atoms with van der Waals surface area (Å²) in [5.74, 6) is -0.698. The van der Waals surface area contributed by atoms with Crippen LogP contribution in [0.3, 0.4) is 0 Å². The summed E-state index contributed by atoms with van der Waals surface area (Å²) in [6.07, 6.45) is -3.82. The predicted molar refractivity (Wildman–Crippen MR) is 86.4 cm³/mol. The number of likely N-dealkylation sites (N-methyl/N-ethyl adjacent to an activating group) is 1. The Morgan fingerprint density at radius 3 is 2.71 bits per heavy atom. The van der Waals surface area contributed by atoms with Gasteiger partial charge in [-0.05, 0) is 42.7 Å². The highest BCUT2D eigenvalue weighted by molar-refractivity contribution is 7.07. The van der Waals surface area contributed by atoms with Gasteiger partial charge in [0.15, 0.2) is 0 Å². The maximum Gasteiger partial charge on any atom is 0.453 e.